The van der Waals surface area contributed by atoms with Gasteiger partial charge in [0.25, 0.3) is 5.91 Å². The number of benzene rings is 3. The van der Waals surface area contributed by atoms with E-state index in [0.29, 0.717) is 44.6 Å². The number of halogens is 1. The summed E-state index contributed by atoms with van der Waals surface area (Å²) >= 11 is 6.46. The van der Waals surface area contributed by atoms with Gasteiger partial charge in [-0.05, 0) is 48.9 Å². The van der Waals surface area contributed by atoms with Crippen molar-refractivity contribution in [1.82, 2.24) is 0 Å². The van der Waals surface area contributed by atoms with E-state index >= 15 is 0 Å². The molecule has 44 heavy (non-hydrogen) atoms. The van der Waals surface area contributed by atoms with Crippen LogP contribution in [-0.2, 0) is 14.3 Å². The second-order valence-corrected chi connectivity index (χ2v) is 11.5. The number of nitrogens with zero attached hydrogens (tertiary/aromatic N) is 1. The monoisotopic (exact) mass is 837 g/mol. The molecule has 1 heterocycles. The predicted octanol–water partition coefficient (Wildman–Crippen LogP) is 5.23. The van der Waals surface area contributed by atoms with Crippen LogP contribution in [-0.4, -0.2) is 61.5 Å². The summed E-state index contributed by atoms with van der Waals surface area (Å²) in [6.45, 7) is 5.17. The first-order chi connectivity index (χ1) is 20.4. The van der Waals surface area contributed by atoms with Crippen LogP contribution in [0.15, 0.2) is 54.6 Å². The number of aromatic carboxylic acids is 1. The van der Waals surface area contributed by atoms with Gasteiger partial charge in [-0.3, -0.25) is 9.59 Å². The van der Waals surface area contributed by atoms with Crippen LogP contribution in [0.2, 0.25) is 5.02 Å². The number of amides is 2. The van der Waals surface area contributed by atoms with Crippen LogP contribution in [0.5, 0.6) is 11.5 Å². The molecule has 0 spiro atoms. The normalized spacial score (nSPS) is 16.3. The van der Waals surface area contributed by atoms with E-state index in [4.69, 9.17) is 25.8 Å². The molecule has 0 bridgehead atoms. The molecule has 2 amide bonds. The second kappa shape index (κ2) is 15.1. The number of carboxylic acid groups (broad SMARTS) is 1. The van der Waals surface area contributed by atoms with Crippen molar-refractivity contribution in [2.45, 2.75) is 39.4 Å². The zero-order valence-electron chi connectivity index (χ0n) is 25.2. The first-order valence-corrected chi connectivity index (χ1v) is 14.0. The maximum Gasteiger partial charge on any atom is 0.336 e. The Morgan fingerprint density at radius 2 is 1.77 bits per heavy atom. The van der Waals surface area contributed by atoms with Crippen LogP contribution in [0.4, 0.5) is 11.4 Å². The number of fused-ring (bicyclic) bond motifs is 1. The summed E-state index contributed by atoms with van der Waals surface area (Å²) in [4.78, 5) is 40.7. The summed E-state index contributed by atoms with van der Waals surface area (Å²) in [5.74, 6) is -1.32. The van der Waals surface area contributed by atoms with Gasteiger partial charge < -0.3 is 34.6 Å². The number of hydrogen-bond acceptors (Lipinski definition) is 7. The Morgan fingerprint density at radius 1 is 1.07 bits per heavy atom. The summed E-state index contributed by atoms with van der Waals surface area (Å²) in [5, 5.41) is 22.7. The van der Waals surface area contributed by atoms with Gasteiger partial charge in [0.1, 0.15) is 12.2 Å². The van der Waals surface area contributed by atoms with Crippen molar-refractivity contribution in [3.63, 3.8) is 0 Å². The molecule has 3 N–H and O–H groups in total. The fraction of sp³-hybridized carbons (Fsp3) is 0.344. The van der Waals surface area contributed by atoms with Gasteiger partial charge in [0.2, 0.25) is 5.91 Å². The number of ether oxygens (including phenoxy) is 3. The zero-order chi connectivity index (χ0) is 31.5. The quantitative estimate of drug-likeness (QED) is 0.253. The number of aliphatic hydroxyl groups is 1. The van der Waals surface area contributed by atoms with E-state index in [2.05, 4.69) is 5.32 Å². The summed E-state index contributed by atoms with van der Waals surface area (Å²) in [5.41, 5.74) is 1.68. The van der Waals surface area contributed by atoms with Crippen LogP contribution in [0, 0.1) is 56.4 Å². The fourth-order valence-electron chi connectivity index (χ4n) is 5.08. The van der Waals surface area contributed by atoms with Crippen LogP contribution >= 0.6 is 11.6 Å². The molecule has 12 heteroatoms. The Morgan fingerprint density at radius 3 is 2.41 bits per heavy atom. The van der Waals surface area contributed by atoms with Crippen molar-refractivity contribution in [2.75, 3.05) is 37.6 Å². The number of carbonyl (C=O) groups excluding carboxylic acids is 2. The third-order valence-electron chi connectivity index (χ3n) is 7.34. The largest absolute Gasteiger partial charge is 0.493 e. The van der Waals surface area contributed by atoms with Crippen molar-refractivity contribution < 1.29 is 82.9 Å². The maximum atomic E-state index is 14.2. The molecule has 0 fully saturated rings. The van der Waals surface area contributed by atoms with E-state index in [-0.39, 0.29) is 69.2 Å². The van der Waals surface area contributed by atoms with Gasteiger partial charge in [0.15, 0.2) is 11.5 Å². The molecule has 0 aromatic heterocycles. The average Bonchev–Trinajstić information content (AvgIpc) is 3.07. The summed E-state index contributed by atoms with van der Waals surface area (Å²) < 4.78 is 17.7. The van der Waals surface area contributed by atoms with Crippen LogP contribution in [0.3, 0.4) is 0 Å². The molecule has 1 radical (unpaired) electrons. The average molecular weight is 838 g/mol. The maximum absolute atomic E-state index is 14.2. The Balaban J connectivity index is 0.00000529. The Kier molecular flexibility index (Phi) is 12.3. The zero-order valence-corrected chi connectivity index (χ0v) is 30.7. The number of nitrogens with one attached hydrogen (secondary N) is 1. The molecule has 10 nitrogen and oxygen atoms in total. The third-order valence-corrected chi connectivity index (χ3v) is 7.58. The van der Waals surface area contributed by atoms with E-state index in [0.717, 1.165) is 0 Å². The molecule has 0 aliphatic carbocycles. The number of aliphatic hydroxyl groups excluding tert-OH is 1. The predicted molar refractivity (Wildman–Crippen MR) is 162 cm³/mol. The number of carbonyl (C=O) groups is 3. The molecule has 3 aromatic carbocycles. The first kappa shape index (κ1) is 35.8. The fourth-order valence-corrected chi connectivity index (χ4v) is 5.26. The Bertz CT molecular complexity index is 1550. The molecule has 0 saturated carbocycles. The summed E-state index contributed by atoms with van der Waals surface area (Å²) in [7, 11) is 3.01. The summed E-state index contributed by atoms with van der Waals surface area (Å²) in [6.07, 6.45) is -2.56. The minimum Gasteiger partial charge on any atom is -0.493 e. The van der Waals surface area contributed by atoms with Crippen LogP contribution < -0.4 is 19.7 Å². The van der Waals surface area contributed by atoms with Crippen LogP contribution in [0.25, 0.3) is 0 Å². The van der Waals surface area contributed by atoms with Gasteiger partial charge in [-0.15, -0.1) is 0 Å². The molecule has 231 valence electrons. The van der Waals surface area contributed by atoms with Gasteiger partial charge in [-0.25, -0.2) is 4.79 Å². The van der Waals surface area contributed by atoms with E-state index in [1.807, 2.05) is 13.8 Å². The smallest absolute Gasteiger partial charge is 0.336 e. The van der Waals surface area contributed by atoms with Gasteiger partial charge in [0, 0.05) is 90.2 Å². The standard InChI is InChI=1S/C32H35ClN2O8.Ac/c1-18-20(31(39)40)8-6-10-23(18)34-27(37)15-26-30(38)35(16-32(2,3)17-36)24-13-12-19(33)14-22(24)28(43-26)21-9-7-11-25(41-4)29(21)42-5;/h6-14,26,28,36H,15-17H2,1-5H3,(H,34,37)(H,39,40);/t26-,28-;/m1./s1. The van der Waals surface area contributed by atoms with E-state index < -0.39 is 35.4 Å². The Labute approximate surface area is 297 Å². The van der Waals surface area contributed by atoms with E-state index in [1.54, 1.807) is 49.4 Å². The number of methoxy groups -OCH3 is 2. The van der Waals surface area contributed by atoms with Gasteiger partial charge >= 0.3 is 5.97 Å². The Hall–Kier alpha value is -2.68. The molecule has 1 aliphatic rings. The van der Waals surface area contributed by atoms with Gasteiger partial charge in [0.05, 0.1) is 26.2 Å². The van der Waals surface area contributed by atoms with Crippen LogP contribution in [0.1, 0.15) is 53.4 Å². The number of anilines is 2. The molecule has 0 saturated heterocycles. The van der Waals surface area contributed by atoms with Crippen molar-refractivity contribution in [2.24, 2.45) is 5.41 Å². The topological polar surface area (TPSA) is 135 Å². The number of rotatable bonds is 10. The molecular weight excluding hydrogens is 803 g/mol. The van der Waals surface area contributed by atoms with Gasteiger partial charge in [-0.2, -0.15) is 0 Å². The molecule has 3 aromatic rings. The van der Waals surface area contributed by atoms with Crippen molar-refractivity contribution in [3.8, 4) is 11.5 Å². The van der Waals surface area contributed by atoms with Crippen molar-refractivity contribution >= 4 is 40.8 Å². The molecule has 1 aliphatic heterocycles. The number of hydrogen-bond donors (Lipinski definition) is 3. The van der Waals surface area contributed by atoms with Crippen molar-refractivity contribution in [1.29, 1.82) is 0 Å². The van der Waals surface area contributed by atoms with E-state index in [9.17, 15) is 24.6 Å². The molecular formula is C32H35AcClN2O8. The van der Waals surface area contributed by atoms with Gasteiger partial charge in [-0.1, -0.05) is 43.6 Å². The number of para-hydroxylation sites is 1. The minimum atomic E-state index is -1.27. The van der Waals surface area contributed by atoms with Crippen molar-refractivity contribution in [3.05, 3.63) is 81.9 Å². The third kappa shape index (κ3) is 7.75. The second-order valence-electron chi connectivity index (χ2n) is 11.1. The minimum absolute atomic E-state index is 0. The molecule has 4 rings (SSSR count). The SMILES string of the molecule is COc1cccc([C@H]2O[C@H](CC(=O)Nc3cccc(C(=O)O)c3C)C(=O)N(CC(C)(C)CO)c3ccc(Cl)cc32)c1OC.[Ac]. The molecule has 2 atom stereocenters. The first-order valence-electron chi connectivity index (χ1n) is 13.6. The summed E-state index contributed by atoms with van der Waals surface area (Å²) in [6, 6.07) is 14.9. The number of carboxylic acids is 1. The van der Waals surface area contributed by atoms with E-state index in [1.165, 1.54) is 31.3 Å². The molecule has 0 unspecified atom stereocenters.